The molecule has 7 nitrogen and oxygen atoms in total. The monoisotopic (exact) mass is 421 g/mol. The molecule has 1 fully saturated rings. The van der Waals surface area contributed by atoms with Crippen molar-refractivity contribution in [3.63, 3.8) is 0 Å². The number of para-hydroxylation sites is 1. The quantitative estimate of drug-likeness (QED) is 0.285. The molecule has 1 aliphatic rings. The SMILES string of the molecule is CN1CCN(c2nc3ccc(OC(=O)c4cc5ccccc5oc4=O)cc3s2)CC1. The predicted octanol–water partition coefficient (Wildman–Crippen LogP) is 3.37. The van der Waals surface area contributed by atoms with Gasteiger partial charge in [0.15, 0.2) is 5.13 Å². The summed E-state index contributed by atoms with van der Waals surface area (Å²) in [6, 6.07) is 13.8. The number of hydrogen-bond donors (Lipinski definition) is 0. The standard InChI is InChI=1S/C22H19N3O4S/c1-24-8-10-25(11-9-24)22-23-17-7-6-15(13-19(17)30-22)28-20(26)16-12-14-4-2-3-5-18(14)29-21(16)27/h2-7,12-13H,8-11H2,1H3. The second-order valence-corrected chi connectivity index (χ2v) is 8.30. The Hall–Kier alpha value is -3.23. The van der Waals surface area contributed by atoms with E-state index in [1.807, 2.05) is 12.1 Å². The molecule has 5 rings (SSSR count). The molecule has 2 aromatic carbocycles. The van der Waals surface area contributed by atoms with Gasteiger partial charge in [-0.3, -0.25) is 0 Å². The first kappa shape index (κ1) is 18.8. The smallest absolute Gasteiger partial charge is 0.351 e. The number of rotatable bonds is 3. The third kappa shape index (κ3) is 3.55. The molecule has 0 atom stereocenters. The van der Waals surface area contributed by atoms with Gasteiger partial charge in [0.25, 0.3) is 0 Å². The van der Waals surface area contributed by atoms with Crippen molar-refractivity contribution in [3.05, 3.63) is 64.5 Å². The fraction of sp³-hybridized carbons (Fsp3) is 0.227. The van der Waals surface area contributed by atoms with E-state index in [2.05, 4.69) is 16.8 Å². The van der Waals surface area contributed by atoms with Gasteiger partial charge in [-0.05, 0) is 31.3 Å². The summed E-state index contributed by atoms with van der Waals surface area (Å²) in [7, 11) is 2.12. The van der Waals surface area contributed by atoms with Crippen molar-refractivity contribution in [1.29, 1.82) is 0 Å². The number of ether oxygens (including phenoxy) is 1. The first-order chi connectivity index (χ1) is 14.6. The van der Waals surface area contributed by atoms with Crippen LogP contribution in [0.3, 0.4) is 0 Å². The number of anilines is 1. The highest BCUT2D eigenvalue weighted by Gasteiger charge is 2.19. The first-order valence-corrected chi connectivity index (χ1v) is 10.5. The summed E-state index contributed by atoms with van der Waals surface area (Å²) in [5, 5.41) is 1.63. The highest BCUT2D eigenvalue weighted by Crippen LogP contribution is 2.32. The predicted molar refractivity (Wildman–Crippen MR) is 117 cm³/mol. The van der Waals surface area contributed by atoms with Gasteiger partial charge < -0.3 is 19.0 Å². The minimum absolute atomic E-state index is 0.128. The molecule has 0 amide bonds. The van der Waals surface area contributed by atoms with Crippen molar-refractivity contribution in [3.8, 4) is 5.75 Å². The van der Waals surface area contributed by atoms with Crippen LogP contribution < -0.4 is 15.3 Å². The summed E-state index contributed by atoms with van der Waals surface area (Å²) in [6.45, 7) is 3.89. The Morgan fingerprint density at radius 2 is 1.90 bits per heavy atom. The number of nitrogens with zero attached hydrogens (tertiary/aromatic N) is 3. The van der Waals surface area contributed by atoms with Gasteiger partial charge in [-0.2, -0.15) is 0 Å². The summed E-state index contributed by atoms with van der Waals surface area (Å²) in [5.41, 5.74) is 0.451. The fourth-order valence-electron chi connectivity index (χ4n) is 3.46. The summed E-state index contributed by atoms with van der Waals surface area (Å²) < 4.78 is 11.6. The zero-order valence-electron chi connectivity index (χ0n) is 16.3. The van der Waals surface area contributed by atoms with Crippen molar-refractivity contribution < 1.29 is 13.9 Å². The molecule has 152 valence electrons. The van der Waals surface area contributed by atoms with E-state index in [-0.39, 0.29) is 5.56 Å². The van der Waals surface area contributed by atoms with Gasteiger partial charge in [-0.1, -0.05) is 29.5 Å². The Morgan fingerprint density at radius 3 is 2.73 bits per heavy atom. The lowest BCUT2D eigenvalue weighted by atomic mass is 10.2. The zero-order valence-corrected chi connectivity index (χ0v) is 17.1. The van der Waals surface area contributed by atoms with Crippen molar-refractivity contribution in [2.24, 2.45) is 0 Å². The molecule has 0 unspecified atom stereocenters. The van der Waals surface area contributed by atoms with E-state index in [9.17, 15) is 9.59 Å². The number of fused-ring (bicyclic) bond motifs is 2. The van der Waals surface area contributed by atoms with Crippen LogP contribution in [0.25, 0.3) is 21.2 Å². The number of esters is 1. The molecule has 3 heterocycles. The number of carbonyl (C=O) groups excluding carboxylic acids is 1. The summed E-state index contributed by atoms with van der Waals surface area (Å²) in [5.74, 6) is -0.369. The van der Waals surface area contributed by atoms with Crippen molar-refractivity contribution >= 4 is 43.6 Å². The average Bonchev–Trinajstić information content (AvgIpc) is 3.17. The number of benzene rings is 2. The van der Waals surface area contributed by atoms with Crippen LogP contribution in [0.5, 0.6) is 5.75 Å². The molecule has 8 heteroatoms. The van der Waals surface area contributed by atoms with Crippen molar-refractivity contribution in [2.75, 3.05) is 38.1 Å². The van der Waals surface area contributed by atoms with Gasteiger partial charge in [0, 0.05) is 37.6 Å². The third-order valence-electron chi connectivity index (χ3n) is 5.19. The minimum atomic E-state index is -0.738. The average molecular weight is 421 g/mol. The van der Waals surface area contributed by atoms with Gasteiger partial charge in [0.2, 0.25) is 0 Å². The van der Waals surface area contributed by atoms with Crippen LogP contribution in [0.15, 0.2) is 57.7 Å². The Morgan fingerprint density at radius 1 is 1.10 bits per heavy atom. The number of aromatic nitrogens is 1. The van der Waals surface area contributed by atoms with Crippen LogP contribution in [0.2, 0.25) is 0 Å². The molecule has 0 saturated carbocycles. The first-order valence-electron chi connectivity index (χ1n) is 9.66. The largest absolute Gasteiger partial charge is 0.423 e. The molecule has 1 saturated heterocycles. The minimum Gasteiger partial charge on any atom is -0.423 e. The van der Waals surface area contributed by atoms with E-state index < -0.39 is 11.6 Å². The number of carbonyl (C=O) groups is 1. The van der Waals surface area contributed by atoms with Crippen LogP contribution in [0, 0.1) is 0 Å². The molecule has 0 radical (unpaired) electrons. The fourth-order valence-corrected chi connectivity index (χ4v) is 4.50. The Balaban J connectivity index is 1.39. The maximum Gasteiger partial charge on any atom is 0.351 e. The second-order valence-electron chi connectivity index (χ2n) is 7.29. The molecule has 30 heavy (non-hydrogen) atoms. The third-order valence-corrected chi connectivity index (χ3v) is 6.27. The molecular weight excluding hydrogens is 402 g/mol. The maximum absolute atomic E-state index is 12.6. The lowest BCUT2D eigenvalue weighted by Crippen LogP contribution is -2.44. The number of piperazine rings is 1. The molecular formula is C22H19N3O4S. The van der Waals surface area contributed by atoms with Gasteiger partial charge >= 0.3 is 11.6 Å². The molecule has 4 aromatic rings. The van der Waals surface area contributed by atoms with Crippen molar-refractivity contribution in [1.82, 2.24) is 9.88 Å². The van der Waals surface area contributed by atoms with Gasteiger partial charge in [-0.15, -0.1) is 0 Å². The van der Waals surface area contributed by atoms with Crippen LogP contribution in [-0.4, -0.2) is 49.1 Å². The van der Waals surface area contributed by atoms with Crippen LogP contribution in [-0.2, 0) is 0 Å². The number of hydrogen-bond acceptors (Lipinski definition) is 8. The second kappa shape index (κ2) is 7.55. The Kier molecular flexibility index (Phi) is 4.72. The zero-order chi connectivity index (χ0) is 20.7. The van der Waals surface area contributed by atoms with Crippen LogP contribution >= 0.6 is 11.3 Å². The van der Waals surface area contributed by atoms with Crippen LogP contribution in [0.4, 0.5) is 5.13 Å². The lowest BCUT2D eigenvalue weighted by Gasteiger charge is -2.31. The highest BCUT2D eigenvalue weighted by atomic mass is 32.1. The Labute approximate surface area is 176 Å². The molecule has 0 spiro atoms. The van der Waals surface area contributed by atoms with E-state index in [4.69, 9.17) is 14.1 Å². The molecule has 0 bridgehead atoms. The van der Waals surface area contributed by atoms with Gasteiger partial charge in [0.1, 0.15) is 16.9 Å². The normalized spacial score (nSPS) is 15.0. The lowest BCUT2D eigenvalue weighted by molar-refractivity contribution is 0.0731. The summed E-state index contributed by atoms with van der Waals surface area (Å²) in [6.07, 6.45) is 0. The van der Waals surface area contributed by atoms with Crippen LogP contribution in [0.1, 0.15) is 10.4 Å². The van der Waals surface area contributed by atoms with E-state index >= 15 is 0 Å². The van der Waals surface area contributed by atoms with E-state index in [1.165, 1.54) is 6.07 Å². The van der Waals surface area contributed by atoms with E-state index in [0.29, 0.717) is 16.7 Å². The number of thiazole rings is 1. The molecule has 2 aromatic heterocycles. The summed E-state index contributed by atoms with van der Waals surface area (Å²) in [4.78, 5) is 34.1. The molecule has 0 N–H and O–H groups in total. The topological polar surface area (TPSA) is 75.9 Å². The maximum atomic E-state index is 12.6. The van der Waals surface area contributed by atoms with E-state index in [1.54, 1.807) is 41.7 Å². The molecule has 0 aliphatic carbocycles. The van der Waals surface area contributed by atoms with E-state index in [0.717, 1.165) is 41.5 Å². The van der Waals surface area contributed by atoms with Crippen molar-refractivity contribution in [2.45, 2.75) is 0 Å². The van der Waals surface area contributed by atoms with Gasteiger partial charge in [-0.25, -0.2) is 14.6 Å². The number of likely N-dealkylation sites (N-methyl/N-ethyl adjacent to an activating group) is 1. The molecule has 1 aliphatic heterocycles. The summed E-state index contributed by atoms with van der Waals surface area (Å²) >= 11 is 1.57. The highest BCUT2D eigenvalue weighted by molar-refractivity contribution is 7.22. The van der Waals surface area contributed by atoms with Gasteiger partial charge in [0.05, 0.1) is 10.2 Å². The Bertz CT molecular complexity index is 1300.